The van der Waals surface area contributed by atoms with E-state index in [1.54, 1.807) is 0 Å². The monoisotopic (exact) mass is 393 g/mol. The number of benzene rings is 1. The summed E-state index contributed by atoms with van der Waals surface area (Å²) >= 11 is 3.68. The molecule has 0 bridgehead atoms. The number of rotatable bonds is 7. The second-order valence-corrected chi connectivity index (χ2v) is 8.28. The summed E-state index contributed by atoms with van der Waals surface area (Å²) in [5.41, 5.74) is 6.02. The van der Waals surface area contributed by atoms with Gasteiger partial charge in [-0.05, 0) is 23.1 Å². The Morgan fingerprint density at radius 2 is 2.15 bits per heavy atom. The fourth-order valence-corrected chi connectivity index (χ4v) is 5.79. The van der Waals surface area contributed by atoms with Gasteiger partial charge in [-0.2, -0.15) is 0 Å². The van der Waals surface area contributed by atoms with Crippen molar-refractivity contribution in [3.63, 3.8) is 0 Å². The highest BCUT2D eigenvalue weighted by molar-refractivity contribution is 7.28. The van der Waals surface area contributed by atoms with E-state index in [4.69, 9.17) is 4.98 Å². The molecular formula is C20H20BN3OS2. The first kappa shape index (κ1) is 18.0. The van der Waals surface area contributed by atoms with E-state index >= 15 is 0 Å². The first-order valence-electron chi connectivity index (χ1n) is 9.02. The Balaban J connectivity index is 1.65. The predicted molar refractivity (Wildman–Crippen MR) is 119 cm³/mol. The molecule has 4 nitrogen and oxygen atoms in total. The van der Waals surface area contributed by atoms with Crippen LogP contribution in [0, 0.1) is 0 Å². The smallest absolute Gasteiger partial charge is 0.207 e. The Morgan fingerprint density at radius 1 is 1.30 bits per heavy atom. The van der Waals surface area contributed by atoms with Gasteiger partial charge in [-0.15, -0.1) is 22.7 Å². The number of nitrogens with one attached hydrogen (secondary N) is 2. The minimum absolute atomic E-state index is 0.159. The highest BCUT2D eigenvalue weighted by Crippen LogP contribution is 2.37. The number of carbonyl (C=O) groups is 1. The zero-order valence-corrected chi connectivity index (χ0v) is 16.9. The molecule has 136 valence electrons. The van der Waals surface area contributed by atoms with Crippen molar-refractivity contribution >= 4 is 62.3 Å². The van der Waals surface area contributed by atoms with E-state index in [9.17, 15) is 4.79 Å². The summed E-state index contributed by atoms with van der Waals surface area (Å²) in [5.74, 6) is 1.09. The SMILES string of the molecule is CBc1csc2c(-c3ccc4nc(C(C)/C=C\CNC=O)[nH]c4c3)csc12. The molecule has 0 aliphatic heterocycles. The maximum Gasteiger partial charge on any atom is 0.207 e. The van der Waals surface area contributed by atoms with Gasteiger partial charge in [0.25, 0.3) is 0 Å². The van der Waals surface area contributed by atoms with Gasteiger partial charge >= 0.3 is 0 Å². The number of carbonyl (C=O) groups excluding carboxylic acids is 1. The molecule has 0 spiro atoms. The number of H-pyrrole nitrogens is 1. The van der Waals surface area contributed by atoms with Gasteiger partial charge in [0.05, 0.1) is 15.7 Å². The lowest BCUT2D eigenvalue weighted by Crippen LogP contribution is -2.09. The van der Waals surface area contributed by atoms with Crippen molar-refractivity contribution in [2.24, 2.45) is 0 Å². The molecule has 0 aliphatic rings. The van der Waals surface area contributed by atoms with Gasteiger partial charge < -0.3 is 10.3 Å². The van der Waals surface area contributed by atoms with Crippen LogP contribution in [0.1, 0.15) is 18.7 Å². The molecule has 7 heteroatoms. The van der Waals surface area contributed by atoms with Crippen LogP contribution in [0.25, 0.3) is 31.6 Å². The van der Waals surface area contributed by atoms with Gasteiger partial charge in [0.2, 0.25) is 6.41 Å². The van der Waals surface area contributed by atoms with Crippen LogP contribution in [0.5, 0.6) is 0 Å². The molecule has 1 unspecified atom stereocenters. The molecule has 1 amide bonds. The summed E-state index contributed by atoms with van der Waals surface area (Å²) in [6, 6.07) is 6.45. The first-order valence-corrected chi connectivity index (χ1v) is 10.8. The minimum atomic E-state index is 0.159. The largest absolute Gasteiger partial charge is 0.355 e. The molecule has 27 heavy (non-hydrogen) atoms. The van der Waals surface area contributed by atoms with Crippen LogP contribution < -0.4 is 10.8 Å². The number of allylic oxidation sites excluding steroid dienone is 1. The lowest BCUT2D eigenvalue weighted by molar-refractivity contribution is -0.109. The first-order chi connectivity index (χ1) is 13.2. The van der Waals surface area contributed by atoms with Crippen LogP contribution >= 0.6 is 22.7 Å². The number of nitrogens with zero attached hydrogens (tertiary/aromatic N) is 1. The number of hydrogen-bond donors (Lipinski definition) is 2. The number of amides is 1. The van der Waals surface area contributed by atoms with Crippen molar-refractivity contribution in [1.29, 1.82) is 0 Å². The number of imidazole rings is 1. The number of fused-ring (bicyclic) bond motifs is 2. The number of hydrogen-bond acceptors (Lipinski definition) is 4. The lowest BCUT2D eigenvalue weighted by Gasteiger charge is -2.00. The fourth-order valence-electron chi connectivity index (χ4n) is 3.20. The van der Waals surface area contributed by atoms with Crippen molar-refractivity contribution in [1.82, 2.24) is 15.3 Å². The zero-order valence-electron chi connectivity index (χ0n) is 15.3. The number of aromatic nitrogens is 2. The maximum absolute atomic E-state index is 10.3. The third-order valence-electron chi connectivity index (χ3n) is 4.72. The molecule has 0 saturated heterocycles. The van der Waals surface area contributed by atoms with Gasteiger partial charge in [-0.25, -0.2) is 4.98 Å². The fraction of sp³-hybridized carbons (Fsp3) is 0.200. The molecule has 3 heterocycles. The minimum Gasteiger partial charge on any atom is -0.355 e. The van der Waals surface area contributed by atoms with E-state index in [0.717, 1.165) is 24.1 Å². The molecule has 4 rings (SSSR count). The van der Waals surface area contributed by atoms with Gasteiger partial charge in [0.1, 0.15) is 5.82 Å². The number of aromatic amines is 1. The highest BCUT2D eigenvalue weighted by atomic mass is 32.1. The zero-order chi connectivity index (χ0) is 18.8. The van der Waals surface area contributed by atoms with E-state index in [-0.39, 0.29) is 5.92 Å². The molecule has 2 N–H and O–H groups in total. The molecule has 1 aromatic carbocycles. The maximum atomic E-state index is 10.3. The Kier molecular flexibility index (Phi) is 5.14. The second kappa shape index (κ2) is 7.70. The van der Waals surface area contributed by atoms with E-state index in [1.807, 2.05) is 28.7 Å². The molecule has 0 fully saturated rings. The van der Waals surface area contributed by atoms with E-state index in [0.29, 0.717) is 13.0 Å². The van der Waals surface area contributed by atoms with Crippen molar-refractivity contribution < 1.29 is 4.79 Å². The molecule has 0 saturated carbocycles. The Bertz CT molecular complexity index is 1130. The quantitative estimate of drug-likeness (QED) is 0.216. The summed E-state index contributed by atoms with van der Waals surface area (Å²) in [6.45, 7) is 4.84. The molecule has 0 aliphatic carbocycles. The Morgan fingerprint density at radius 3 is 2.96 bits per heavy atom. The van der Waals surface area contributed by atoms with Crippen molar-refractivity contribution in [2.45, 2.75) is 19.7 Å². The third-order valence-corrected chi connectivity index (χ3v) is 6.97. The van der Waals surface area contributed by atoms with Crippen LogP contribution in [0.4, 0.5) is 0 Å². The molecule has 0 radical (unpaired) electrons. The van der Waals surface area contributed by atoms with E-state index < -0.39 is 0 Å². The lowest BCUT2D eigenvalue weighted by atomic mass is 9.75. The van der Waals surface area contributed by atoms with Crippen LogP contribution in [0.3, 0.4) is 0 Å². The van der Waals surface area contributed by atoms with Crippen LogP contribution in [0.15, 0.2) is 41.1 Å². The van der Waals surface area contributed by atoms with Crippen LogP contribution in [-0.2, 0) is 4.79 Å². The summed E-state index contributed by atoms with van der Waals surface area (Å²) in [7, 11) is 1.08. The summed E-state index contributed by atoms with van der Waals surface area (Å²) < 4.78 is 2.81. The molecular weight excluding hydrogens is 373 g/mol. The standard InChI is InChI=1S/C20H20BN3OS2/c1-12(4-3-7-22-11-25)20-23-16-6-5-13(8-17(16)24-20)14-9-26-19-15(21-2)10-27-18(14)19/h3-6,8-12,21H,7H2,1-2H3,(H,22,25)(H,23,24)/b4-3-. The van der Waals surface area contributed by atoms with Crippen LogP contribution in [0.2, 0.25) is 6.82 Å². The average molecular weight is 393 g/mol. The van der Waals surface area contributed by atoms with Gasteiger partial charge in [0, 0.05) is 28.1 Å². The molecule has 1 atom stereocenters. The van der Waals surface area contributed by atoms with Crippen molar-refractivity contribution in [3.05, 3.63) is 46.9 Å². The predicted octanol–water partition coefficient (Wildman–Crippen LogP) is 4.02. The second-order valence-electron chi connectivity index (χ2n) is 6.52. The Labute approximate surface area is 166 Å². The third kappa shape index (κ3) is 3.45. The van der Waals surface area contributed by atoms with Gasteiger partial charge in [-0.1, -0.05) is 37.4 Å². The highest BCUT2D eigenvalue weighted by Gasteiger charge is 2.13. The van der Waals surface area contributed by atoms with Gasteiger partial charge in [-0.3, -0.25) is 4.79 Å². The van der Waals surface area contributed by atoms with E-state index in [1.165, 1.54) is 26.0 Å². The van der Waals surface area contributed by atoms with Crippen molar-refractivity contribution in [2.75, 3.05) is 6.54 Å². The number of thiophene rings is 2. The molecule has 4 aromatic rings. The van der Waals surface area contributed by atoms with E-state index in [2.05, 4.69) is 59.1 Å². The average Bonchev–Trinajstić information content (AvgIpc) is 3.38. The summed E-state index contributed by atoms with van der Waals surface area (Å²) in [4.78, 5) is 18.5. The van der Waals surface area contributed by atoms with Crippen molar-refractivity contribution in [3.8, 4) is 11.1 Å². The summed E-state index contributed by atoms with van der Waals surface area (Å²) in [6.07, 6.45) is 4.70. The molecule has 3 aromatic heterocycles. The normalized spacial score (nSPS) is 12.8. The Hall–Kier alpha value is -2.38. The van der Waals surface area contributed by atoms with Gasteiger partial charge in [0.15, 0.2) is 7.28 Å². The topological polar surface area (TPSA) is 57.8 Å². The summed E-state index contributed by atoms with van der Waals surface area (Å²) in [5, 5.41) is 7.18. The van der Waals surface area contributed by atoms with Crippen LogP contribution in [-0.4, -0.2) is 30.2 Å².